The van der Waals surface area contributed by atoms with E-state index in [1.54, 1.807) is 0 Å². The summed E-state index contributed by atoms with van der Waals surface area (Å²) in [4.78, 5) is 11.8. The van der Waals surface area contributed by atoms with E-state index in [4.69, 9.17) is 4.74 Å². The van der Waals surface area contributed by atoms with Crippen LogP contribution >= 0.6 is 0 Å². The van der Waals surface area contributed by atoms with Gasteiger partial charge >= 0.3 is 0 Å². The van der Waals surface area contributed by atoms with E-state index in [9.17, 15) is 4.79 Å². The molecule has 14 heavy (non-hydrogen) atoms. The fourth-order valence-electron chi connectivity index (χ4n) is 1.55. The lowest BCUT2D eigenvalue weighted by Gasteiger charge is -2.19. The Hall–Kier alpha value is -0.610. The number of hydrogen-bond donors (Lipinski definition) is 2. The quantitative estimate of drug-likeness (QED) is 0.678. The molecule has 4 nitrogen and oxygen atoms in total. The van der Waals surface area contributed by atoms with E-state index in [1.807, 2.05) is 14.0 Å². The summed E-state index contributed by atoms with van der Waals surface area (Å²) in [5.41, 5.74) is 0. The van der Waals surface area contributed by atoms with Crippen molar-refractivity contribution in [1.82, 2.24) is 10.6 Å². The average molecular weight is 200 g/mol. The molecule has 1 saturated heterocycles. The molecule has 4 heteroatoms. The zero-order valence-electron chi connectivity index (χ0n) is 9.17. The molecule has 1 aliphatic heterocycles. The summed E-state index contributed by atoms with van der Waals surface area (Å²) >= 11 is 0. The molecule has 0 aromatic heterocycles. The summed E-state index contributed by atoms with van der Waals surface area (Å²) < 4.78 is 5.27. The van der Waals surface area contributed by atoms with Gasteiger partial charge in [-0.3, -0.25) is 4.79 Å². The minimum atomic E-state index is -0.0333. The maximum Gasteiger partial charge on any atom is 0.227 e. The summed E-state index contributed by atoms with van der Waals surface area (Å²) in [6, 6.07) is 0.416. The maximum atomic E-state index is 11.8. The molecule has 2 N–H and O–H groups in total. The SMILES string of the molecule is CCC(C)NC(=O)C1COCC1NC. The number of ether oxygens (including phenoxy) is 1. The van der Waals surface area contributed by atoms with Gasteiger partial charge in [0, 0.05) is 12.1 Å². The molecule has 1 amide bonds. The molecule has 1 aliphatic rings. The largest absolute Gasteiger partial charge is 0.379 e. The molecule has 82 valence electrons. The predicted octanol–water partition coefficient (Wildman–Crippen LogP) is 0.136. The first-order chi connectivity index (χ1) is 6.69. The molecule has 0 bridgehead atoms. The molecule has 0 spiro atoms. The standard InChI is InChI=1S/C10H20N2O2/c1-4-7(2)12-10(13)8-5-14-6-9(8)11-3/h7-9,11H,4-6H2,1-3H3,(H,12,13). The van der Waals surface area contributed by atoms with Crippen molar-refractivity contribution in [2.45, 2.75) is 32.4 Å². The first kappa shape index (κ1) is 11.5. The van der Waals surface area contributed by atoms with Crippen molar-refractivity contribution in [1.29, 1.82) is 0 Å². The summed E-state index contributed by atoms with van der Waals surface area (Å²) in [7, 11) is 1.86. The Balaban J connectivity index is 2.43. The van der Waals surface area contributed by atoms with Gasteiger partial charge in [0.1, 0.15) is 0 Å². The first-order valence-corrected chi connectivity index (χ1v) is 5.24. The van der Waals surface area contributed by atoms with Crippen molar-refractivity contribution < 1.29 is 9.53 Å². The second-order valence-corrected chi connectivity index (χ2v) is 3.86. The van der Waals surface area contributed by atoms with Gasteiger partial charge in [0.15, 0.2) is 0 Å². The van der Waals surface area contributed by atoms with Crippen LogP contribution in [0.2, 0.25) is 0 Å². The highest BCUT2D eigenvalue weighted by Gasteiger charge is 2.33. The van der Waals surface area contributed by atoms with Gasteiger partial charge < -0.3 is 15.4 Å². The molecule has 0 aliphatic carbocycles. The lowest BCUT2D eigenvalue weighted by Crippen LogP contribution is -2.45. The van der Waals surface area contributed by atoms with Crippen LogP contribution < -0.4 is 10.6 Å². The summed E-state index contributed by atoms with van der Waals surface area (Å²) in [5, 5.41) is 6.08. The molecule has 1 rings (SSSR count). The van der Waals surface area contributed by atoms with E-state index in [0.29, 0.717) is 13.2 Å². The predicted molar refractivity (Wildman–Crippen MR) is 55.1 cm³/mol. The van der Waals surface area contributed by atoms with Crippen LogP contribution in [0, 0.1) is 5.92 Å². The maximum absolute atomic E-state index is 11.8. The molecule has 1 fully saturated rings. The fraction of sp³-hybridized carbons (Fsp3) is 0.900. The number of hydrogen-bond acceptors (Lipinski definition) is 3. The third-order valence-electron chi connectivity index (χ3n) is 2.79. The van der Waals surface area contributed by atoms with Crippen LogP contribution in [0.25, 0.3) is 0 Å². The van der Waals surface area contributed by atoms with Crippen LogP contribution in [0.4, 0.5) is 0 Å². The van der Waals surface area contributed by atoms with Crippen molar-refractivity contribution in [2.24, 2.45) is 5.92 Å². The Bertz CT molecular complexity index is 197. The van der Waals surface area contributed by atoms with Gasteiger partial charge in [-0.1, -0.05) is 6.92 Å². The Kier molecular flexibility index (Phi) is 4.35. The van der Waals surface area contributed by atoms with Gasteiger partial charge in [-0.2, -0.15) is 0 Å². The number of carbonyl (C=O) groups excluding carboxylic acids is 1. The molecule has 0 saturated carbocycles. The van der Waals surface area contributed by atoms with Crippen molar-refractivity contribution in [3.63, 3.8) is 0 Å². The van der Waals surface area contributed by atoms with E-state index in [-0.39, 0.29) is 23.9 Å². The molecule has 0 aromatic carbocycles. The van der Waals surface area contributed by atoms with Crippen molar-refractivity contribution in [2.75, 3.05) is 20.3 Å². The smallest absolute Gasteiger partial charge is 0.227 e. The number of likely N-dealkylation sites (N-methyl/N-ethyl adjacent to an activating group) is 1. The topological polar surface area (TPSA) is 50.4 Å². The molecule has 3 atom stereocenters. The molecule has 3 unspecified atom stereocenters. The van der Waals surface area contributed by atoms with E-state index >= 15 is 0 Å². The van der Waals surface area contributed by atoms with Crippen LogP contribution in [-0.4, -0.2) is 38.3 Å². The van der Waals surface area contributed by atoms with Crippen molar-refractivity contribution in [3.05, 3.63) is 0 Å². The van der Waals surface area contributed by atoms with Gasteiger partial charge in [0.05, 0.1) is 19.1 Å². The third kappa shape index (κ3) is 2.69. The lowest BCUT2D eigenvalue weighted by atomic mass is 10.0. The fourth-order valence-corrected chi connectivity index (χ4v) is 1.55. The van der Waals surface area contributed by atoms with Crippen LogP contribution in [-0.2, 0) is 9.53 Å². The summed E-state index contributed by atoms with van der Waals surface area (Å²) in [5.74, 6) is 0.0743. The van der Waals surface area contributed by atoms with E-state index in [0.717, 1.165) is 6.42 Å². The normalized spacial score (nSPS) is 28.8. The Morgan fingerprint density at radius 1 is 1.57 bits per heavy atom. The van der Waals surface area contributed by atoms with Crippen LogP contribution in [0.5, 0.6) is 0 Å². The number of amides is 1. The van der Waals surface area contributed by atoms with E-state index < -0.39 is 0 Å². The van der Waals surface area contributed by atoms with Gasteiger partial charge in [-0.15, -0.1) is 0 Å². The van der Waals surface area contributed by atoms with E-state index in [2.05, 4.69) is 17.6 Å². The lowest BCUT2D eigenvalue weighted by molar-refractivity contribution is -0.126. The molecular weight excluding hydrogens is 180 g/mol. The summed E-state index contributed by atoms with van der Waals surface area (Å²) in [6.45, 7) is 5.25. The minimum Gasteiger partial charge on any atom is -0.379 e. The zero-order chi connectivity index (χ0) is 10.6. The highest BCUT2D eigenvalue weighted by Crippen LogP contribution is 2.13. The highest BCUT2D eigenvalue weighted by atomic mass is 16.5. The zero-order valence-corrected chi connectivity index (χ0v) is 9.17. The Labute approximate surface area is 85.4 Å². The van der Waals surface area contributed by atoms with E-state index in [1.165, 1.54) is 0 Å². The third-order valence-corrected chi connectivity index (χ3v) is 2.79. The van der Waals surface area contributed by atoms with Crippen molar-refractivity contribution in [3.8, 4) is 0 Å². The number of rotatable bonds is 4. The van der Waals surface area contributed by atoms with Crippen LogP contribution in [0.1, 0.15) is 20.3 Å². The highest BCUT2D eigenvalue weighted by molar-refractivity contribution is 5.80. The molecule has 1 heterocycles. The van der Waals surface area contributed by atoms with Gasteiger partial charge in [0.25, 0.3) is 0 Å². The number of carbonyl (C=O) groups is 1. The second-order valence-electron chi connectivity index (χ2n) is 3.86. The summed E-state index contributed by atoms with van der Waals surface area (Å²) in [6.07, 6.45) is 0.962. The van der Waals surface area contributed by atoms with Gasteiger partial charge in [0.2, 0.25) is 5.91 Å². The van der Waals surface area contributed by atoms with Gasteiger partial charge in [-0.05, 0) is 20.4 Å². The molecule has 0 aromatic rings. The molecule has 0 radical (unpaired) electrons. The van der Waals surface area contributed by atoms with Crippen LogP contribution in [0.15, 0.2) is 0 Å². The molecular formula is C10H20N2O2. The monoisotopic (exact) mass is 200 g/mol. The Morgan fingerprint density at radius 3 is 2.86 bits per heavy atom. The number of nitrogens with one attached hydrogen (secondary N) is 2. The van der Waals surface area contributed by atoms with Gasteiger partial charge in [-0.25, -0.2) is 0 Å². The Morgan fingerprint density at radius 2 is 2.29 bits per heavy atom. The minimum absolute atomic E-state index is 0.0333. The first-order valence-electron chi connectivity index (χ1n) is 5.24. The average Bonchev–Trinajstić information content (AvgIpc) is 2.65. The second kappa shape index (κ2) is 5.32. The van der Waals surface area contributed by atoms with Crippen LogP contribution in [0.3, 0.4) is 0 Å². The van der Waals surface area contributed by atoms with Crippen molar-refractivity contribution >= 4 is 5.91 Å².